The lowest BCUT2D eigenvalue weighted by atomic mass is 10.3. The van der Waals surface area contributed by atoms with Crippen LogP contribution in [0.4, 0.5) is 5.69 Å². The fourth-order valence-corrected chi connectivity index (χ4v) is 3.72. The fourth-order valence-electron chi connectivity index (χ4n) is 2.40. The molecule has 1 saturated heterocycles. The number of likely N-dealkylation sites (tertiary alicyclic amines) is 1. The number of hydrogen-bond acceptors (Lipinski definition) is 5. The normalized spacial score (nSPS) is 16.5. The minimum absolute atomic E-state index is 0.251. The van der Waals surface area contributed by atoms with Gasteiger partial charge in [0.25, 0.3) is 5.69 Å². The molecule has 0 saturated carbocycles. The van der Waals surface area contributed by atoms with Crippen LogP contribution < -0.4 is 0 Å². The first-order chi connectivity index (χ1) is 9.93. The average molecular weight is 313 g/mol. The van der Waals surface area contributed by atoms with E-state index in [2.05, 4.69) is 4.90 Å². The Balaban J connectivity index is 2.15. The summed E-state index contributed by atoms with van der Waals surface area (Å²) >= 11 is 0. The molecule has 0 spiro atoms. The largest absolute Gasteiger partial charge is 0.302 e. The zero-order valence-corrected chi connectivity index (χ0v) is 12.8. The van der Waals surface area contributed by atoms with Crippen LogP contribution in [0.3, 0.4) is 0 Å². The van der Waals surface area contributed by atoms with Crippen molar-refractivity contribution in [2.24, 2.45) is 0 Å². The first-order valence-corrected chi connectivity index (χ1v) is 8.29. The van der Waals surface area contributed by atoms with Crippen LogP contribution in [0.1, 0.15) is 12.8 Å². The molecule has 1 aliphatic heterocycles. The van der Waals surface area contributed by atoms with Crippen LogP contribution in [-0.2, 0) is 10.0 Å². The van der Waals surface area contributed by atoms with E-state index in [0.717, 1.165) is 25.9 Å². The maximum atomic E-state index is 12.5. The van der Waals surface area contributed by atoms with Gasteiger partial charge in [-0.05, 0) is 32.0 Å². The smallest absolute Gasteiger partial charge is 0.289 e. The van der Waals surface area contributed by atoms with Gasteiger partial charge in [-0.3, -0.25) is 10.1 Å². The number of nitro groups is 1. The predicted molar refractivity (Wildman–Crippen MR) is 78.6 cm³/mol. The molecular weight excluding hydrogens is 294 g/mol. The molecule has 1 aromatic carbocycles. The van der Waals surface area contributed by atoms with Crippen LogP contribution >= 0.6 is 0 Å². The van der Waals surface area contributed by atoms with Crippen molar-refractivity contribution in [3.05, 3.63) is 34.4 Å². The minimum Gasteiger partial charge on any atom is -0.302 e. The molecule has 0 amide bonds. The molecule has 1 aliphatic rings. The Morgan fingerprint density at radius 1 is 1.29 bits per heavy atom. The summed E-state index contributed by atoms with van der Waals surface area (Å²) in [6.07, 6.45) is 2.28. The van der Waals surface area contributed by atoms with Crippen LogP contribution in [-0.4, -0.2) is 55.8 Å². The number of sulfonamides is 1. The number of hydrogen-bond donors (Lipinski definition) is 0. The molecule has 1 fully saturated rings. The van der Waals surface area contributed by atoms with Gasteiger partial charge >= 0.3 is 0 Å². The minimum atomic E-state index is -3.84. The molecule has 0 bridgehead atoms. The lowest BCUT2D eigenvalue weighted by Gasteiger charge is -2.21. The highest BCUT2D eigenvalue weighted by molar-refractivity contribution is 7.89. The first kappa shape index (κ1) is 15.9. The second kappa shape index (κ2) is 6.50. The second-order valence-corrected chi connectivity index (χ2v) is 7.11. The molecule has 1 heterocycles. The summed E-state index contributed by atoms with van der Waals surface area (Å²) in [5, 5.41) is 11.0. The highest BCUT2D eigenvalue weighted by atomic mass is 32.2. The topological polar surface area (TPSA) is 83.8 Å². The summed E-state index contributed by atoms with van der Waals surface area (Å²) in [5.74, 6) is 0. The Bertz CT molecular complexity index is 612. The molecule has 21 heavy (non-hydrogen) atoms. The predicted octanol–water partition coefficient (Wildman–Crippen LogP) is 1.31. The van der Waals surface area contributed by atoms with Gasteiger partial charge in [0.05, 0.1) is 4.92 Å². The lowest BCUT2D eigenvalue weighted by molar-refractivity contribution is -0.387. The number of likely N-dealkylation sites (N-methyl/N-ethyl adjacent to an activating group) is 1. The Hall–Kier alpha value is -1.51. The van der Waals surface area contributed by atoms with E-state index in [9.17, 15) is 18.5 Å². The van der Waals surface area contributed by atoms with Gasteiger partial charge in [0.2, 0.25) is 10.0 Å². The van der Waals surface area contributed by atoms with Crippen molar-refractivity contribution >= 4 is 15.7 Å². The highest BCUT2D eigenvalue weighted by Gasteiger charge is 2.29. The van der Waals surface area contributed by atoms with E-state index < -0.39 is 14.9 Å². The van der Waals surface area contributed by atoms with E-state index in [0.29, 0.717) is 13.1 Å². The third-order valence-corrected chi connectivity index (χ3v) is 5.58. The van der Waals surface area contributed by atoms with Crippen molar-refractivity contribution in [1.29, 1.82) is 0 Å². The van der Waals surface area contributed by atoms with E-state index in [-0.39, 0.29) is 10.6 Å². The maximum Gasteiger partial charge on any atom is 0.289 e. The monoisotopic (exact) mass is 313 g/mol. The summed E-state index contributed by atoms with van der Waals surface area (Å²) in [6, 6.07) is 5.44. The SMILES string of the molecule is CN(CCN1CCCC1)S(=O)(=O)c1ccccc1[N+](=O)[O-]. The standard InChI is InChI=1S/C13H19N3O4S/c1-14(10-11-15-8-4-5-9-15)21(19,20)13-7-3-2-6-12(13)16(17)18/h2-3,6-7H,4-5,8-11H2,1H3. The number of benzene rings is 1. The van der Waals surface area contributed by atoms with Crippen LogP contribution in [0.5, 0.6) is 0 Å². The van der Waals surface area contributed by atoms with Gasteiger partial charge in [0.1, 0.15) is 0 Å². The highest BCUT2D eigenvalue weighted by Crippen LogP contribution is 2.25. The molecule has 2 rings (SSSR count). The Kier molecular flexibility index (Phi) is 4.92. The molecule has 0 aliphatic carbocycles. The third kappa shape index (κ3) is 3.58. The van der Waals surface area contributed by atoms with Crippen LogP contribution in [0.2, 0.25) is 0 Å². The summed E-state index contributed by atoms with van der Waals surface area (Å²) in [4.78, 5) is 12.3. The molecular formula is C13H19N3O4S. The summed E-state index contributed by atoms with van der Waals surface area (Å²) in [5.41, 5.74) is -0.384. The molecule has 7 nitrogen and oxygen atoms in total. The molecule has 0 aromatic heterocycles. The van der Waals surface area contributed by atoms with Crippen molar-refractivity contribution < 1.29 is 13.3 Å². The number of nitro benzene ring substituents is 1. The fraction of sp³-hybridized carbons (Fsp3) is 0.538. The molecule has 0 N–H and O–H groups in total. The summed E-state index contributed by atoms with van der Waals surface area (Å²) in [7, 11) is -2.38. The van der Waals surface area contributed by atoms with E-state index in [1.165, 1.54) is 35.6 Å². The molecule has 0 radical (unpaired) electrons. The number of rotatable bonds is 6. The number of para-hydroxylation sites is 1. The number of nitrogens with zero attached hydrogens (tertiary/aromatic N) is 3. The van der Waals surface area contributed by atoms with E-state index >= 15 is 0 Å². The Labute approximate surface area is 124 Å². The van der Waals surface area contributed by atoms with E-state index in [1.807, 2.05) is 0 Å². The van der Waals surface area contributed by atoms with E-state index in [4.69, 9.17) is 0 Å². The Morgan fingerprint density at radius 3 is 2.52 bits per heavy atom. The van der Waals surface area contributed by atoms with Gasteiger partial charge in [-0.25, -0.2) is 8.42 Å². The van der Waals surface area contributed by atoms with E-state index in [1.54, 1.807) is 0 Å². The molecule has 8 heteroatoms. The summed E-state index contributed by atoms with van der Waals surface area (Å²) < 4.78 is 26.1. The summed E-state index contributed by atoms with van der Waals surface area (Å²) in [6.45, 7) is 2.95. The van der Waals surface area contributed by atoms with Crippen molar-refractivity contribution in [1.82, 2.24) is 9.21 Å². The molecule has 0 atom stereocenters. The Morgan fingerprint density at radius 2 is 1.90 bits per heavy atom. The molecule has 0 unspecified atom stereocenters. The van der Waals surface area contributed by atoms with Crippen LogP contribution in [0.25, 0.3) is 0 Å². The lowest BCUT2D eigenvalue weighted by Crippen LogP contribution is -2.35. The van der Waals surface area contributed by atoms with Crippen LogP contribution in [0, 0.1) is 10.1 Å². The second-order valence-electron chi connectivity index (χ2n) is 5.10. The zero-order valence-electron chi connectivity index (χ0n) is 11.9. The van der Waals surface area contributed by atoms with Gasteiger partial charge < -0.3 is 4.90 Å². The van der Waals surface area contributed by atoms with Gasteiger partial charge in [0.15, 0.2) is 4.90 Å². The van der Waals surface area contributed by atoms with Crippen LogP contribution in [0.15, 0.2) is 29.2 Å². The molecule has 1 aromatic rings. The van der Waals surface area contributed by atoms with Gasteiger partial charge in [-0.15, -0.1) is 0 Å². The van der Waals surface area contributed by atoms with Crippen molar-refractivity contribution in [2.75, 3.05) is 33.2 Å². The van der Waals surface area contributed by atoms with Gasteiger partial charge in [0, 0.05) is 26.2 Å². The third-order valence-electron chi connectivity index (χ3n) is 3.68. The zero-order chi connectivity index (χ0) is 15.5. The van der Waals surface area contributed by atoms with Crippen molar-refractivity contribution in [3.63, 3.8) is 0 Å². The first-order valence-electron chi connectivity index (χ1n) is 6.85. The quantitative estimate of drug-likeness (QED) is 0.584. The van der Waals surface area contributed by atoms with Gasteiger partial charge in [-0.2, -0.15) is 4.31 Å². The van der Waals surface area contributed by atoms with Gasteiger partial charge in [-0.1, -0.05) is 12.1 Å². The molecule has 116 valence electrons. The average Bonchev–Trinajstić information content (AvgIpc) is 2.97. The maximum absolute atomic E-state index is 12.5. The van der Waals surface area contributed by atoms with Crippen molar-refractivity contribution in [2.45, 2.75) is 17.7 Å². The van der Waals surface area contributed by atoms with Crippen molar-refractivity contribution in [3.8, 4) is 0 Å².